The highest BCUT2D eigenvalue weighted by atomic mass is 31.2. The molecule has 0 saturated heterocycles. The van der Waals surface area contributed by atoms with E-state index in [1.807, 2.05) is 39.4 Å². The van der Waals surface area contributed by atoms with Crippen molar-refractivity contribution in [2.45, 2.75) is 212 Å². The average Bonchev–Trinajstić information content (AvgIpc) is 3.23. The third-order valence-electron chi connectivity index (χ3n) is 10.6. The van der Waals surface area contributed by atoms with Crippen LogP contribution in [0.1, 0.15) is 200 Å². The van der Waals surface area contributed by atoms with Crippen LogP contribution in [0.25, 0.3) is 0 Å². The number of quaternary nitrogens is 1. The summed E-state index contributed by atoms with van der Waals surface area (Å²) in [5.74, 6) is -0.928. The van der Waals surface area contributed by atoms with Gasteiger partial charge >= 0.3 is 19.8 Å². The Kier molecular flexibility index (Phi) is 41.9. The molecule has 0 aliphatic heterocycles. The zero-order chi connectivity index (χ0) is 46.5. The average molecular weight is 909 g/mol. The van der Waals surface area contributed by atoms with Crippen LogP contribution in [0.3, 0.4) is 0 Å². The van der Waals surface area contributed by atoms with Crippen molar-refractivity contribution >= 4 is 19.8 Å². The van der Waals surface area contributed by atoms with Crippen LogP contribution in [0.5, 0.6) is 0 Å². The standard InChI is InChI=1S/C52H94NO9P/c1-6-8-10-12-14-16-17-18-19-20-21-22-23-24-25-26-27-29-31-35-40-44-52(56)62-50(48-61-63(57,58)60-46-45-53(3,4)5)47-59-51(55)43-39-36-32-34-38-42-49(54)41-37-33-30-28-15-13-11-9-7-2/h15,18-19,28,32-34,37-38,42,49-50,54H,6-14,16-17,20-27,29-31,35-36,39-41,43-48H2,1-5H3/p+1/b19-18-,28-15-,34-32+,37-33-,42-38-/t49?,50-/m1/s1. The molecule has 0 saturated carbocycles. The van der Waals surface area contributed by atoms with E-state index < -0.39 is 38.6 Å². The zero-order valence-corrected chi connectivity index (χ0v) is 41.8. The maximum Gasteiger partial charge on any atom is 0.472 e. The van der Waals surface area contributed by atoms with Crippen molar-refractivity contribution in [3.63, 3.8) is 0 Å². The summed E-state index contributed by atoms with van der Waals surface area (Å²) in [6, 6.07) is 0. The Hall–Kier alpha value is -2.33. The number of unbranched alkanes of at least 4 members (excludes halogenated alkanes) is 21. The van der Waals surface area contributed by atoms with Gasteiger partial charge in [-0.15, -0.1) is 0 Å². The third-order valence-corrected chi connectivity index (χ3v) is 11.6. The lowest BCUT2D eigenvalue weighted by molar-refractivity contribution is -0.870. The largest absolute Gasteiger partial charge is 0.472 e. The molecule has 3 atom stereocenters. The van der Waals surface area contributed by atoms with Crippen LogP contribution in [0, 0.1) is 0 Å². The van der Waals surface area contributed by atoms with Gasteiger partial charge in [-0.25, -0.2) is 4.57 Å². The van der Waals surface area contributed by atoms with Crippen LogP contribution < -0.4 is 0 Å². The van der Waals surface area contributed by atoms with Crippen LogP contribution in [-0.2, 0) is 32.7 Å². The summed E-state index contributed by atoms with van der Waals surface area (Å²) < 4.78 is 34.3. The minimum atomic E-state index is -4.41. The normalized spacial score (nSPS) is 14.5. The highest BCUT2D eigenvalue weighted by Gasteiger charge is 2.27. The Balaban J connectivity index is 4.41. The number of phosphoric acid groups is 1. The van der Waals surface area contributed by atoms with Gasteiger partial charge in [0.15, 0.2) is 6.10 Å². The van der Waals surface area contributed by atoms with E-state index in [-0.39, 0.29) is 26.1 Å². The number of carbonyl (C=O) groups excluding carboxylic acids is 2. The molecule has 11 heteroatoms. The van der Waals surface area contributed by atoms with Crippen molar-refractivity contribution in [1.82, 2.24) is 0 Å². The van der Waals surface area contributed by atoms with Crippen molar-refractivity contribution in [2.24, 2.45) is 0 Å². The predicted octanol–water partition coefficient (Wildman–Crippen LogP) is 13.8. The second kappa shape index (κ2) is 43.6. The smallest absolute Gasteiger partial charge is 0.462 e. The van der Waals surface area contributed by atoms with Crippen LogP contribution in [0.15, 0.2) is 60.8 Å². The van der Waals surface area contributed by atoms with E-state index in [1.165, 1.54) is 116 Å². The molecule has 0 aromatic heterocycles. The van der Waals surface area contributed by atoms with Crippen LogP contribution in [0.2, 0.25) is 0 Å². The van der Waals surface area contributed by atoms with Gasteiger partial charge in [-0.1, -0.05) is 177 Å². The fourth-order valence-corrected chi connectivity index (χ4v) is 7.35. The summed E-state index contributed by atoms with van der Waals surface area (Å²) in [7, 11) is 1.40. The maximum atomic E-state index is 12.8. The van der Waals surface area contributed by atoms with Gasteiger partial charge in [-0.3, -0.25) is 18.6 Å². The molecular formula is C52H95NO9P+. The number of likely N-dealkylation sites (N-methyl/N-ethyl adjacent to an activating group) is 1. The number of carbonyl (C=O) groups is 2. The van der Waals surface area contributed by atoms with Crippen molar-refractivity contribution in [3.05, 3.63) is 60.8 Å². The summed E-state index contributed by atoms with van der Waals surface area (Å²) in [6.45, 7) is 4.23. The first-order valence-electron chi connectivity index (χ1n) is 25.1. The molecule has 0 aromatic rings. The molecule has 2 unspecified atom stereocenters. The summed E-state index contributed by atoms with van der Waals surface area (Å²) in [4.78, 5) is 35.5. The van der Waals surface area contributed by atoms with Gasteiger partial charge in [-0.05, 0) is 70.6 Å². The fraction of sp³-hybridized carbons (Fsp3) is 0.769. The Bertz CT molecular complexity index is 1270. The number of allylic oxidation sites excluding steroid dienone is 8. The first kappa shape index (κ1) is 60.7. The van der Waals surface area contributed by atoms with Gasteiger partial charge in [0, 0.05) is 12.8 Å². The number of nitrogens with zero attached hydrogens (tertiary/aromatic N) is 1. The second-order valence-electron chi connectivity index (χ2n) is 18.0. The quantitative estimate of drug-likeness (QED) is 0.0153. The first-order chi connectivity index (χ1) is 30.4. The molecule has 0 aliphatic rings. The van der Waals surface area contributed by atoms with Crippen molar-refractivity contribution < 1.29 is 47.2 Å². The van der Waals surface area contributed by atoms with Crippen LogP contribution in [0.4, 0.5) is 0 Å². The number of aliphatic hydroxyl groups is 1. The Morgan fingerprint density at radius 1 is 0.571 bits per heavy atom. The van der Waals surface area contributed by atoms with Crippen LogP contribution >= 0.6 is 7.82 Å². The van der Waals surface area contributed by atoms with Gasteiger partial charge in [0.05, 0.1) is 33.9 Å². The summed E-state index contributed by atoms with van der Waals surface area (Å²) in [5, 5.41) is 10.2. The highest BCUT2D eigenvalue weighted by molar-refractivity contribution is 7.47. The topological polar surface area (TPSA) is 129 Å². The van der Waals surface area contributed by atoms with Crippen molar-refractivity contribution in [1.29, 1.82) is 0 Å². The minimum Gasteiger partial charge on any atom is -0.462 e. The fourth-order valence-electron chi connectivity index (χ4n) is 6.61. The van der Waals surface area contributed by atoms with Crippen LogP contribution in [-0.4, -0.2) is 86.1 Å². The van der Waals surface area contributed by atoms with Gasteiger partial charge in [0.2, 0.25) is 0 Å². The molecule has 0 aromatic carbocycles. The summed E-state index contributed by atoms with van der Waals surface area (Å²) in [5.41, 5.74) is 0. The summed E-state index contributed by atoms with van der Waals surface area (Å²) in [6.07, 6.45) is 50.2. The monoisotopic (exact) mass is 909 g/mol. The van der Waals surface area contributed by atoms with Gasteiger partial charge in [0.1, 0.15) is 19.8 Å². The number of hydrogen-bond donors (Lipinski definition) is 2. The van der Waals surface area contributed by atoms with E-state index in [2.05, 4.69) is 44.2 Å². The third kappa shape index (κ3) is 47.5. The van der Waals surface area contributed by atoms with E-state index in [4.69, 9.17) is 18.5 Å². The van der Waals surface area contributed by atoms with Crippen molar-refractivity contribution in [2.75, 3.05) is 47.5 Å². The highest BCUT2D eigenvalue weighted by Crippen LogP contribution is 2.43. The lowest BCUT2D eigenvalue weighted by atomic mass is 10.0. The molecule has 0 spiro atoms. The van der Waals surface area contributed by atoms with Gasteiger partial charge in [0.25, 0.3) is 0 Å². The number of phosphoric ester groups is 1. The van der Waals surface area contributed by atoms with E-state index in [0.717, 1.165) is 32.1 Å². The SMILES string of the molecule is CCCCC/C=C\C/C=C\CC(O)/C=C\C=C\CCCC(=O)OC[C@H](COP(=O)(O)OCC[N+](C)(C)C)OC(=O)CCCCCCCCCCCCC/C=C\CCCCCCCC. The number of aliphatic hydroxyl groups excluding tert-OH is 1. The van der Waals surface area contributed by atoms with E-state index in [9.17, 15) is 24.2 Å². The zero-order valence-electron chi connectivity index (χ0n) is 40.9. The molecule has 0 bridgehead atoms. The predicted molar refractivity (Wildman–Crippen MR) is 262 cm³/mol. The molecule has 0 radical (unpaired) electrons. The Morgan fingerprint density at radius 2 is 1.06 bits per heavy atom. The maximum absolute atomic E-state index is 12.8. The minimum absolute atomic E-state index is 0.00766. The Morgan fingerprint density at radius 3 is 1.67 bits per heavy atom. The number of hydrogen-bond acceptors (Lipinski definition) is 8. The molecule has 0 fully saturated rings. The molecule has 0 amide bonds. The Labute approximate surface area is 386 Å². The van der Waals surface area contributed by atoms with E-state index in [0.29, 0.717) is 36.7 Å². The molecule has 366 valence electrons. The van der Waals surface area contributed by atoms with Gasteiger partial charge in [-0.2, -0.15) is 0 Å². The van der Waals surface area contributed by atoms with E-state index in [1.54, 1.807) is 12.2 Å². The number of rotatable bonds is 45. The second-order valence-corrected chi connectivity index (χ2v) is 19.5. The van der Waals surface area contributed by atoms with Crippen molar-refractivity contribution in [3.8, 4) is 0 Å². The number of esters is 2. The molecular weight excluding hydrogens is 814 g/mol. The van der Waals surface area contributed by atoms with E-state index >= 15 is 0 Å². The molecule has 10 nitrogen and oxygen atoms in total. The molecule has 0 aliphatic carbocycles. The lowest BCUT2D eigenvalue weighted by Crippen LogP contribution is -2.37. The number of ether oxygens (including phenoxy) is 2. The first-order valence-corrected chi connectivity index (χ1v) is 26.6. The molecule has 2 N–H and O–H groups in total. The molecule has 0 rings (SSSR count). The lowest BCUT2D eigenvalue weighted by Gasteiger charge is -2.24. The molecule has 0 heterocycles. The van der Waals surface area contributed by atoms with Gasteiger partial charge < -0.3 is 24.0 Å². The summed E-state index contributed by atoms with van der Waals surface area (Å²) >= 11 is 0. The molecule has 63 heavy (non-hydrogen) atoms.